The van der Waals surface area contributed by atoms with Crippen molar-refractivity contribution in [3.8, 4) is 0 Å². The number of para-hydroxylation sites is 1. The summed E-state index contributed by atoms with van der Waals surface area (Å²) < 4.78 is 30.0. The average Bonchev–Trinajstić information content (AvgIpc) is 3.59. The monoisotopic (exact) mass is 651 g/mol. The maximum atomic E-state index is 14.7. The Labute approximate surface area is 279 Å². The van der Waals surface area contributed by atoms with Gasteiger partial charge in [-0.25, -0.2) is 8.42 Å². The summed E-state index contributed by atoms with van der Waals surface area (Å²) in [5.41, 5.74) is 5.05. The van der Waals surface area contributed by atoms with Crippen molar-refractivity contribution in [2.75, 3.05) is 10.8 Å². The quantitative estimate of drug-likeness (QED) is 0.173. The Balaban J connectivity index is 1.58. The minimum absolute atomic E-state index is 0.0620. The number of carbonyl (C=O) groups excluding carboxylic acids is 2. The van der Waals surface area contributed by atoms with Gasteiger partial charge >= 0.3 is 0 Å². The fraction of sp³-hybridized carbons (Fsp3) is 0.333. The minimum Gasteiger partial charge on any atom is -0.352 e. The van der Waals surface area contributed by atoms with Crippen molar-refractivity contribution in [2.45, 2.75) is 82.8 Å². The number of aryl methyl sites for hydroxylation is 3. The highest BCUT2D eigenvalue weighted by Gasteiger charge is 2.36. The van der Waals surface area contributed by atoms with Crippen LogP contribution in [-0.2, 0) is 39.0 Å². The number of nitrogens with zero attached hydrogens (tertiary/aromatic N) is 2. The summed E-state index contributed by atoms with van der Waals surface area (Å²) in [7, 11) is -4.15. The van der Waals surface area contributed by atoms with E-state index < -0.39 is 28.5 Å². The Kier molecular flexibility index (Phi) is 11.1. The molecule has 0 unspecified atom stereocenters. The van der Waals surface area contributed by atoms with Crippen LogP contribution in [0, 0.1) is 13.8 Å². The number of carbonyl (C=O) groups is 2. The standard InChI is InChI=1S/C39H45N3O4S/c1-4-33-14-8-11-17-36(33)42(47(45,46)35-24-20-30(3)21-25-35)28-38(43)41(27-32-22-18-29(2)19-23-32)37(26-31-12-6-5-7-13-31)39(44)40-34-15-9-10-16-34/h5-8,11-14,17-25,34,37H,4,9-10,15-16,26-28H2,1-3H3,(H,40,44)/t37-/m1/s1. The van der Waals surface area contributed by atoms with E-state index in [1.54, 1.807) is 41.3 Å². The molecule has 2 amide bonds. The molecule has 8 heteroatoms. The topological polar surface area (TPSA) is 86.8 Å². The van der Waals surface area contributed by atoms with E-state index in [9.17, 15) is 18.0 Å². The van der Waals surface area contributed by atoms with Crippen LogP contribution in [0.15, 0.2) is 108 Å². The number of hydrogen-bond donors (Lipinski definition) is 1. The van der Waals surface area contributed by atoms with Gasteiger partial charge in [-0.1, -0.05) is 116 Å². The summed E-state index contributed by atoms with van der Waals surface area (Å²) in [6.07, 6.45) is 4.81. The third kappa shape index (κ3) is 8.49. The molecule has 246 valence electrons. The maximum absolute atomic E-state index is 14.7. The summed E-state index contributed by atoms with van der Waals surface area (Å²) in [5, 5.41) is 3.23. The van der Waals surface area contributed by atoms with Crippen LogP contribution >= 0.6 is 0 Å². The molecule has 0 heterocycles. The highest BCUT2D eigenvalue weighted by Crippen LogP contribution is 2.29. The second-order valence-electron chi connectivity index (χ2n) is 12.5. The van der Waals surface area contributed by atoms with Crippen LogP contribution in [-0.4, -0.2) is 43.8 Å². The summed E-state index contributed by atoms with van der Waals surface area (Å²) in [4.78, 5) is 30.6. The summed E-state index contributed by atoms with van der Waals surface area (Å²) >= 11 is 0. The van der Waals surface area contributed by atoms with E-state index in [1.165, 1.54) is 4.31 Å². The Bertz CT molecular complexity index is 1750. The summed E-state index contributed by atoms with van der Waals surface area (Å²) in [6.45, 7) is 5.56. The van der Waals surface area contributed by atoms with Gasteiger partial charge in [-0.15, -0.1) is 0 Å². The Hall–Kier alpha value is -4.43. The first-order valence-electron chi connectivity index (χ1n) is 16.5. The van der Waals surface area contributed by atoms with Crippen LogP contribution in [0.3, 0.4) is 0 Å². The first-order chi connectivity index (χ1) is 22.7. The third-order valence-corrected chi connectivity index (χ3v) is 10.7. The molecule has 1 aliphatic rings. The smallest absolute Gasteiger partial charge is 0.264 e. The second kappa shape index (κ2) is 15.4. The highest BCUT2D eigenvalue weighted by molar-refractivity contribution is 7.92. The molecule has 1 N–H and O–H groups in total. The molecule has 7 nitrogen and oxygen atoms in total. The van der Waals surface area contributed by atoms with E-state index in [0.717, 1.165) is 53.5 Å². The van der Waals surface area contributed by atoms with Crippen LogP contribution in [0.5, 0.6) is 0 Å². The van der Waals surface area contributed by atoms with Gasteiger partial charge in [0.15, 0.2) is 0 Å². The van der Waals surface area contributed by atoms with Crippen LogP contribution in [0.2, 0.25) is 0 Å². The fourth-order valence-corrected chi connectivity index (χ4v) is 7.67. The zero-order chi connectivity index (χ0) is 33.4. The van der Waals surface area contributed by atoms with Crippen molar-refractivity contribution in [1.29, 1.82) is 0 Å². The van der Waals surface area contributed by atoms with E-state index in [-0.39, 0.29) is 23.4 Å². The molecule has 5 rings (SSSR count). The molecular formula is C39H45N3O4S. The summed E-state index contributed by atoms with van der Waals surface area (Å²) in [6, 6.07) is 30.7. The Morgan fingerprint density at radius 2 is 1.38 bits per heavy atom. The molecule has 1 saturated carbocycles. The number of nitrogens with one attached hydrogen (secondary N) is 1. The van der Waals surface area contributed by atoms with Crippen molar-refractivity contribution in [3.05, 3.63) is 131 Å². The van der Waals surface area contributed by atoms with Gasteiger partial charge in [0.25, 0.3) is 10.0 Å². The zero-order valence-electron chi connectivity index (χ0n) is 27.6. The Morgan fingerprint density at radius 1 is 0.787 bits per heavy atom. The van der Waals surface area contributed by atoms with E-state index in [2.05, 4.69) is 5.32 Å². The Morgan fingerprint density at radius 3 is 2.02 bits per heavy atom. The van der Waals surface area contributed by atoms with Crippen LogP contribution in [0.1, 0.15) is 60.4 Å². The van der Waals surface area contributed by atoms with Gasteiger partial charge in [-0.05, 0) is 68.0 Å². The lowest BCUT2D eigenvalue weighted by Gasteiger charge is -2.34. The predicted molar refractivity (Wildman–Crippen MR) is 188 cm³/mol. The third-order valence-electron chi connectivity index (χ3n) is 8.98. The molecule has 4 aromatic rings. The molecule has 1 atom stereocenters. The van der Waals surface area contributed by atoms with Gasteiger partial charge in [0.2, 0.25) is 11.8 Å². The van der Waals surface area contributed by atoms with E-state index in [4.69, 9.17) is 0 Å². The number of sulfonamides is 1. The lowest BCUT2D eigenvalue weighted by molar-refractivity contribution is -0.140. The summed E-state index contributed by atoms with van der Waals surface area (Å²) in [5.74, 6) is -0.669. The molecule has 0 radical (unpaired) electrons. The lowest BCUT2D eigenvalue weighted by Crippen LogP contribution is -2.54. The molecule has 1 fully saturated rings. The SMILES string of the molecule is CCc1ccccc1N(CC(=O)N(Cc1ccc(C)cc1)[C@H](Cc1ccccc1)C(=O)NC1CCCC1)S(=O)(=O)c1ccc(C)cc1. The second-order valence-corrected chi connectivity index (χ2v) is 14.4. The molecule has 1 aliphatic carbocycles. The fourth-order valence-electron chi connectivity index (χ4n) is 6.22. The molecular weight excluding hydrogens is 607 g/mol. The molecule has 4 aromatic carbocycles. The van der Waals surface area contributed by atoms with Gasteiger partial charge in [0.05, 0.1) is 10.6 Å². The molecule has 0 aliphatic heterocycles. The van der Waals surface area contributed by atoms with Gasteiger partial charge in [0, 0.05) is 19.0 Å². The molecule has 0 saturated heterocycles. The maximum Gasteiger partial charge on any atom is 0.264 e. The van der Waals surface area contributed by atoms with Crippen molar-refractivity contribution in [3.63, 3.8) is 0 Å². The van der Waals surface area contributed by atoms with Gasteiger partial charge in [-0.3, -0.25) is 13.9 Å². The number of hydrogen-bond acceptors (Lipinski definition) is 4. The average molecular weight is 652 g/mol. The molecule has 47 heavy (non-hydrogen) atoms. The number of anilines is 1. The highest BCUT2D eigenvalue weighted by atomic mass is 32.2. The van der Waals surface area contributed by atoms with Gasteiger partial charge < -0.3 is 10.2 Å². The lowest BCUT2D eigenvalue weighted by atomic mass is 10.0. The predicted octanol–water partition coefficient (Wildman–Crippen LogP) is 6.76. The van der Waals surface area contributed by atoms with E-state index in [0.29, 0.717) is 18.5 Å². The van der Waals surface area contributed by atoms with Crippen LogP contribution in [0.25, 0.3) is 0 Å². The van der Waals surface area contributed by atoms with Crippen molar-refractivity contribution >= 4 is 27.5 Å². The number of amides is 2. The van der Waals surface area contributed by atoms with Crippen molar-refractivity contribution in [2.24, 2.45) is 0 Å². The van der Waals surface area contributed by atoms with Gasteiger partial charge in [-0.2, -0.15) is 0 Å². The number of benzene rings is 4. The van der Waals surface area contributed by atoms with Crippen molar-refractivity contribution < 1.29 is 18.0 Å². The largest absolute Gasteiger partial charge is 0.352 e. The molecule has 0 bridgehead atoms. The van der Waals surface area contributed by atoms with E-state index >= 15 is 0 Å². The molecule has 0 aromatic heterocycles. The first-order valence-corrected chi connectivity index (χ1v) is 18.0. The normalized spacial score (nSPS) is 14.0. The number of rotatable bonds is 13. The first kappa shape index (κ1) is 33.9. The zero-order valence-corrected chi connectivity index (χ0v) is 28.4. The van der Waals surface area contributed by atoms with Gasteiger partial charge in [0.1, 0.15) is 12.6 Å². The van der Waals surface area contributed by atoms with Crippen LogP contribution < -0.4 is 9.62 Å². The van der Waals surface area contributed by atoms with Crippen molar-refractivity contribution in [1.82, 2.24) is 10.2 Å². The van der Waals surface area contributed by atoms with Crippen LogP contribution in [0.4, 0.5) is 5.69 Å². The minimum atomic E-state index is -4.15. The van der Waals surface area contributed by atoms with E-state index in [1.807, 2.05) is 87.5 Å². The molecule has 0 spiro atoms.